The lowest BCUT2D eigenvalue weighted by molar-refractivity contribution is 0.0691. The van der Waals surface area contributed by atoms with Gasteiger partial charge in [0.15, 0.2) is 5.78 Å². The molecule has 4 aromatic rings. The van der Waals surface area contributed by atoms with Gasteiger partial charge in [-0.15, -0.1) is 0 Å². The minimum atomic E-state index is -1.24. The molecule has 6 nitrogen and oxygen atoms in total. The molecule has 0 fully saturated rings. The number of para-hydroxylation sites is 1. The molecule has 0 aliphatic heterocycles. The predicted molar refractivity (Wildman–Crippen MR) is 149 cm³/mol. The number of carboxylic acid groups (broad SMARTS) is 1. The highest BCUT2D eigenvalue weighted by Gasteiger charge is 2.20. The molecule has 192 valence electrons. The lowest BCUT2D eigenvalue weighted by Crippen LogP contribution is -2.13. The van der Waals surface area contributed by atoms with Gasteiger partial charge in [0, 0.05) is 30.3 Å². The van der Waals surface area contributed by atoms with E-state index in [1.54, 1.807) is 18.3 Å². The van der Waals surface area contributed by atoms with Crippen LogP contribution in [0.1, 0.15) is 68.0 Å². The Hall–Kier alpha value is -4.58. The zero-order valence-corrected chi connectivity index (χ0v) is 21.3. The van der Waals surface area contributed by atoms with Crippen LogP contribution in [-0.2, 0) is 6.42 Å². The molecule has 0 saturated carbocycles. The Labute approximate surface area is 222 Å². The van der Waals surface area contributed by atoms with Crippen molar-refractivity contribution in [2.24, 2.45) is 0 Å². The highest BCUT2D eigenvalue weighted by Crippen LogP contribution is 2.23. The van der Waals surface area contributed by atoms with Gasteiger partial charge in [0.25, 0.3) is 0 Å². The summed E-state index contributed by atoms with van der Waals surface area (Å²) in [4.78, 5) is 44.1. The second-order valence-corrected chi connectivity index (χ2v) is 9.16. The second-order valence-electron chi connectivity index (χ2n) is 9.16. The summed E-state index contributed by atoms with van der Waals surface area (Å²) < 4.78 is 0. The van der Waals surface area contributed by atoms with Gasteiger partial charge in [0.05, 0.1) is 17.4 Å². The Balaban J connectivity index is 1.40. The zero-order chi connectivity index (χ0) is 26.9. The largest absolute Gasteiger partial charge is 0.478 e. The predicted octanol–water partition coefficient (Wildman–Crippen LogP) is 6.76. The van der Waals surface area contributed by atoms with Crippen LogP contribution in [-0.4, -0.2) is 34.7 Å². The summed E-state index contributed by atoms with van der Waals surface area (Å²) in [5.74, 6) is -1.87. The van der Waals surface area contributed by atoms with Gasteiger partial charge in [-0.05, 0) is 61.2 Å². The van der Waals surface area contributed by atoms with Crippen LogP contribution >= 0.6 is 0 Å². The van der Waals surface area contributed by atoms with Crippen LogP contribution in [0.3, 0.4) is 0 Å². The van der Waals surface area contributed by atoms with E-state index in [4.69, 9.17) is 0 Å². The van der Waals surface area contributed by atoms with Gasteiger partial charge < -0.3 is 10.0 Å². The Morgan fingerprint density at radius 2 is 1.47 bits per heavy atom. The summed E-state index contributed by atoms with van der Waals surface area (Å²) in [7, 11) is 1.91. The van der Waals surface area contributed by atoms with Crippen molar-refractivity contribution in [2.45, 2.75) is 32.1 Å². The van der Waals surface area contributed by atoms with Crippen molar-refractivity contribution in [3.63, 3.8) is 0 Å². The summed E-state index contributed by atoms with van der Waals surface area (Å²) in [6.07, 6.45) is 5.33. The number of Topliss-reactive ketones (excluding diaryl/α,β-unsaturated/α-hetero) is 1. The number of carbonyl (C=O) groups is 3. The van der Waals surface area contributed by atoms with Crippen molar-refractivity contribution in [1.82, 2.24) is 4.98 Å². The van der Waals surface area contributed by atoms with Gasteiger partial charge in [0.2, 0.25) is 5.78 Å². The number of aryl methyl sites for hydroxylation is 1. The minimum absolute atomic E-state index is 0.130. The number of ketones is 2. The van der Waals surface area contributed by atoms with E-state index < -0.39 is 11.8 Å². The number of hydrogen-bond acceptors (Lipinski definition) is 5. The first-order valence-corrected chi connectivity index (χ1v) is 12.7. The van der Waals surface area contributed by atoms with Crippen LogP contribution in [0.15, 0.2) is 97.2 Å². The average molecular weight is 507 g/mol. The van der Waals surface area contributed by atoms with E-state index in [9.17, 15) is 19.5 Å². The molecule has 0 spiro atoms. The summed E-state index contributed by atoms with van der Waals surface area (Å²) >= 11 is 0. The van der Waals surface area contributed by atoms with Crippen molar-refractivity contribution >= 4 is 28.9 Å². The summed E-state index contributed by atoms with van der Waals surface area (Å²) in [6.45, 7) is 0. The van der Waals surface area contributed by atoms with Crippen LogP contribution in [0.5, 0.6) is 0 Å². The minimum Gasteiger partial charge on any atom is -0.478 e. The number of aromatic carboxylic acids is 1. The molecule has 4 rings (SSSR count). The molecule has 0 aliphatic rings. The summed E-state index contributed by atoms with van der Waals surface area (Å²) in [5.41, 5.74) is 3.40. The van der Waals surface area contributed by atoms with Crippen LogP contribution in [0.25, 0.3) is 0 Å². The SMILES string of the molecule is CN(c1ccccc1)c1ccc(C(=O)c2ccc(C(=O)CCCCCc3ccccc3)c(C(=O)O)c2)nc1. The zero-order valence-electron chi connectivity index (χ0n) is 21.3. The van der Waals surface area contributed by atoms with Gasteiger partial charge >= 0.3 is 5.97 Å². The molecule has 1 heterocycles. The second kappa shape index (κ2) is 12.6. The molecule has 0 saturated heterocycles. The number of carbonyl (C=O) groups excluding carboxylic acids is 2. The number of aromatic nitrogens is 1. The Bertz CT molecular complexity index is 1400. The fraction of sp³-hybridized carbons (Fsp3) is 0.188. The first kappa shape index (κ1) is 26.5. The Morgan fingerprint density at radius 1 is 0.763 bits per heavy atom. The summed E-state index contributed by atoms with van der Waals surface area (Å²) in [5, 5.41) is 9.75. The maximum atomic E-state index is 13.1. The molecule has 38 heavy (non-hydrogen) atoms. The normalized spacial score (nSPS) is 10.7. The lowest BCUT2D eigenvalue weighted by Gasteiger charge is -2.19. The number of rotatable bonds is 12. The molecule has 0 radical (unpaired) electrons. The van der Waals surface area contributed by atoms with Gasteiger partial charge in [0.1, 0.15) is 5.69 Å². The van der Waals surface area contributed by atoms with E-state index in [2.05, 4.69) is 17.1 Å². The standard InChI is InChI=1S/C32H30N2O4/c1-34(25-14-8-4-9-15-25)26-18-20-29(33-22-26)31(36)24-17-19-27(28(21-24)32(37)38)30(35)16-10-3-7-13-23-11-5-2-6-12-23/h2,4-6,8-9,11-12,14-15,17-22H,3,7,10,13,16H2,1H3,(H,37,38). The number of hydrogen-bond donors (Lipinski definition) is 1. The first-order chi connectivity index (χ1) is 18.4. The van der Waals surface area contributed by atoms with E-state index in [1.807, 2.05) is 60.5 Å². The monoisotopic (exact) mass is 506 g/mol. The lowest BCUT2D eigenvalue weighted by atomic mass is 9.95. The van der Waals surface area contributed by atoms with Crippen LogP contribution in [0, 0.1) is 0 Å². The topological polar surface area (TPSA) is 87.6 Å². The third kappa shape index (κ3) is 6.59. The number of nitrogens with zero attached hydrogens (tertiary/aromatic N) is 2. The van der Waals surface area contributed by atoms with E-state index in [1.165, 1.54) is 23.8 Å². The highest BCUT2D eigenvalue weighted by atomic mass is 16.4. The van der Waals surface area contributed by atoms with Crippen molar-refractivity contribution in [3.8, 4) is 0 Å². The number of benzene rings is 3. The van der Waals surface area contributed by atoms with Crippen molar-refractivity contribution in [3.05, 3.63) is 125 Å². The van der Waals surface area contributed by atoms with Gasteiger partial charge in [-0.1, -0.05) is 61.0 Å². The molecular formula is C32H30N2O4. The fourth-order valence-corrected chi connectivity index (χ4v) is 4.34. The molecule has 1 aromatic heterocycles. The van der Waals surface area contributed by atoms with E-state index in [0.29, 0.717) is 6.42 Å². The quantitative estimate of drug-likeness (QED) is 0.169. The molecule has 3 aromatic carbocycles. The van der Waals surface area contributed by atoms with Crippen LogP contribution in [0.4, 0.5) is 11.4 Å². The van der Waals surface area contributed by atoms with Gasteiger partial charge in [-0.3, -0.25) is 14.6 Å². The molecule has 0 amide bonds. The molecule has 1 N–H and O–H groups in total. The number of unbranched alkanes of at least 4 members (excludes halogenated alkanes) is 2. The fourth-order valence-electron chi connectivity index (χ4n) is 4.34. The van der Waals surface area contributed by atoms with E-state index in [-0.39, 0.29) is 34.6 Å². The Kier molecular flexibility index (Phi) is 8.77. The van der Waals surface area contributed by atoms with Crippen molar-refractivity contribution in [1.29, 1.82) is 0 Å². The number of carboxylic acids is 1. The highest BCUT2D eigenvalue weighted by molar-refractivity contribution is 6.11. The van der Waals surface area contributed by atoms with Crippen molar-refractivity contribution in [2.75, 3.05) is 11.9 Å². The molecule has 0 aliphatic carbocycles. The first-order valence-electron chi connectivity index (χ1n) is 12.7. The van der Waals surface area contributed by atoms with Crippen LogP contribution in [0.2, 0.25) is 0 Å². The molecule has 6 heteroatoms. The smallest absolute Gasteiger partial charge is 0.336 e. The summed E-state index contributed by atoms with van der Waals surface area (Å²) in [6, 6.07) is 27.6. The Morgan fingerprint density at radius 3 is 2.13 bits per heavy atom. The third-order valence-corrected chi connectivity index (χ3v) is 6.54. The van der Waals surface area contributed by atoms with Gasteiger partial charge in [-0.25, -0.2) is 4.79 Å². The number of anilines is 2. The van der Waals surface area contributed by atoms with Gasteiger partial charge in [-0.2, -0.15) is 0 Å². The molecule has 0 unspecified atom stereocenters. The third-order valence-electron chi connectivity index (χ3n) is 6.54. The maximum Gasteiger partial charge on any atom is 0.336 e. The van der Waals surface area contributed by atoms with Crippen LogP contribution < -0.4 is 4.90 Å². The van der Waals surface area contributed by atoms with E-state index in [0.717, 1.165) is 30.6 Å². The van der Waals surface area contributed by atoms with E-state index >= 15 is 0 Å². The molecular weight excluding hydrogens is 476 g/mol. The average Bonchev–Trinajstić information content (AvgIpc) is 2.97. The van der Waals surface area contributed by atoms with Crippen molar-refractivity contribution < 1.29 is 19.5 Å². The maximum absolute atomic E-state index is 13.1. The molecule has 0 atom stereocenters. The molecule has 0 bridgehead atoms. The number of pyridine rings is 1.